The third-order valence-corrected chi connectivity index (χ3v) is 2.63. The van der Waals surface area contributed by atoms with Crippen molar-refractivity contribution in [3.8, 4) is 0 Å². The number of amides is 1. The second-order valence-corrected chi connectivity index (χ2v) is 4.09. The van der Waals surface area contributed by atoms with Crippen molar-refractivity contribution in [2.24, 2.45) is 0 Å². The van der Waals surface area contributed by atoms with Crippen molar-refractivity contribution in [1.82, 2.24) is 20.1 Å². The number of H-pyrrole nitrogens is 1. The average Bonchev–Trinajstić information content (AvgIpc) is 2.85. The molecule has 0 unspecified atom stereocenters. The lowest BCUT2D eigenvalue weighted by Gasteiger charge is -2.15. The largest absolute Gasteiger partial charge is 0.338 e. The minimum atomic E-state index is -0.721. The van der Waals surface area contributed by atoms with E-state index in [4.69, 9.17) is 0 Å². The minimum Gasteiger partial charge on any atom is -0.338 e. The van der Waals surface area contributed by atoms with Gasteiger partial charge in [-0.2, -0.15) is 5.10 Å². The van der Waals surface area contributed by atoms with Gasteiger partial charge in [-0.05, 0) is 11.6 Å². The van der Waals surface area contributed by atoms with Crippen LogP contribution in [0.5, 0.6) is 0 Å². The van der Waals surface area contributed by atoms with Crippen LogP contribution >= 0.6 is 0 Å². The maximum absolute atomic E-state index is 13.4. The topological polar surface area (TPSA) is 61.9 Å². The van der Waals surface area contributed by atoms with E-state index < -0.39 is 11.6 Å². The van der Waals surface area contributed by atoms with Crippen LogP contribution in [0.1, 0.15) is 11.4 Å². The average molecular weight is 266 g/mol. The molecule has 0 fully saturated rings. The molecule has 1 aromatic heterocycles. The highest BCUT2D eigenvalue weighted by molar-refractivity contribution is 5.78. The number of halogens is 2. The molecule has 0 aliphatic heterocycles. The van der Waals surface area contributed by atoms with Crippen LogP contribution in [0.25, 0.3) is 0 Å². The number of nitrogens with zero attached hydrogens (tertiary/aromatic N) is 3. The highest BCUT2D eigenvalue weighted by Gasteiger charge is 2.14. The third-order valence-electron chi connectivity index (χ3n) is 2.63. The monoisotopic (exact) mass is 266 g/mol. The molecule has 0 saturated heterocycles. The van der Waals surface area contributed by atoms with Crippen molar-refractivity contribution in [3.63, 3.8) is 0 Å². The molecule has 2 aromatic rings. The molecule has 1 aromatic carbocycles. The Balaban J connectivity index is 2.00. The van der Waals surface area contributed by atoms with Crippen molar-refractivity contribution in [1.29, 1.82) is 0 Å². The van der Waals surface area contributed by atoms with Gasteiger partial charge in [0, 0.05) is 13.1 Å². The highest BCUT2D eigenvalue weighted by atomic mass is 19.1. The van der Waals surface area contributed by atoms with Crippen molar-refractivity contribution in [3.05, 3.63) is 47.5 Å². The zero-order valence-electron chi connectivity index (χ0n) is 10.2. The van der Waals surface area contributed by atoms with E-state index in [0.717, 1.165) is 12.1 Å². The molecule has 5 nitrogen and oxygen atoms in total. The second-order valence-electron chi connectivity index (χ2n) is 4.09. The first-order chi connectivity index (χ1) is 9.06. The minimum absolute atomic E-state index is 0.128. The molecule has 0 radical (unpaired) electrons. The molecule has 1 heterocycles. The van der Waals surface area contributed by atoms with Gasteiger partial charge in [0.25, 0.3) is 0 Å². The van der Waals surface area contributed by atoms with Gasteiger partial charge < -0.3 is 4.90 Å². The molecule has 7 heteroatoms. The number of hydrogen-bond donors (Lipinski definition) is 1. The molecule has 1 amide bonds. The van der Waals surface area contributed by atoms with Gasteiger partial charge in [-0.1, -0.05) is 6.07 Å². The normalized spacial score (nSPS) is 10.5. The quantitative estimate of drug-likeness (QED) is 0.906. The lowest BCUT2D eigenvalue weighted by Crippen LogP contribution is -2.28. The number of carbonyl (C=O) groups is 1. The summed E-state index contributed by atoms with van der Waals surface area (Å²) in [7, 11) is 1.58. The van der Waals surface area contributed by atoms with Crippen LogP contribution in [0, 0.1) is 11.6 Å². The molecule has 0 spiro atoms. The van der Waals surface area contributed by atoms with Crippen LogP contribution in [-0.2, 0) is 17.8 Å². The molecule has 0 bridgehead atoms. The Labute approximate surface area is 108 Å². The fourth-order valence-corrected chi connectivity index (χ4v) is 1.58. The summed E-state index contributed by atoms with van der Waals surface area (Å²) >= 11 is 0. The Hall–Kier alpha value is -2.31. The van der Waals surface area contributed by atoms with Crippen LogP contribution in [0.3, 0.4) is 0 Å². The second kappa shape index (κ2) is 5.55. The molecule has 0 saturated carbocycles. The first-order valence-corrected chi connectivity index (χ1v) is 5.58. The molecule has 1 N–H and O–H groups in total. The summed E-state index contributed by atoms with van der Waals surface area (Å²) in [6.07, 6.45) is 1.21. The van der Waals surface area contributed by atoms with Gasteiger partial charge in [0.2, 0.25) is 5.91 Å². The van der Waals surface area contributed by atoms with E-state index in [2.05, 4.69) is 15.2 Å². The van der Waals surface area contributed by atoms with E-state index in [1.54, 1.807) is 7.05 Å². The van der Waals surface area contributed by atoms with Gasteiger partial charge in [-0.25, -0.2) is 13.8 Å². The van der Waals surface area contributed by atoms with E-state index >= 15 is 0 Å². The number of hydrogen-bond acceptors (Lipinski definition) is 3. The molecule has 0 aliphatic rings. The van der Waals surface area contributed by atoms with Crippen LogP contribution in [-0.4, -0.2) is 33.0 Å². The molecule has 0 atom stereocenters. The van der Waals surface area contributed by atoms with Crippen molar-refractivity contribution in [2.75, 3.05) is 7.05 Å². The Bertz CT molecular complexity index is 571. The smallest absolute Gasteiger partial charge is 0.227 e. The molecular formula is C12H12F2N4O. The number of nitrogens with one attached hydrogen (secondary N) is 1. The molecule has 19 heavy (non-hydrogen) atoms. The van der Waals surface area contributed by atoms with Crippen molar-refractivity contribution >= 4 is 5.91 Å². The number of carbonyl (C=O) groups excluding carboxylic acids is 1. The SMILES string of the molecule is CN(Cc1ncn[nH]1)C(=O)Cc1ccc(F)cc1F. The summed E-state index contributed by atoms with van der Waals surface area (Å²) in [6, 6.07) is 3.16. The van der Waals surface area contributed by atoms with E-state index in [1.807, 2.05) is 0 Å². The first kappa shape index (κ1) is 13.1. The molecule has 0 aliphatic carbocycles. The maximum Gasteiger partial charge on any atom is 0.227 e. The number of aromatic amines is 1. The number of likely N-dealkylation sites (N-methyl/N-ethyl adjacent to an activating group) is 1. The Kier molecular flexibility index (Phi) is 3.84. The number of benzene rings is 1. The van der Waals surface area contributed by atoms with Gasteiger partial charge in [-0.15, -0.1) is 0 Å². The fourth-order valence-electron chi connectivity index (χ4n) is 1.58. The Morgan fingerprint density at radius 3 is 2.84 bits per heavy atom. The van der Waals surface area contributed by atoms with Crippen LogP contribution < -0.4 is 0 Å². The molecular weight excluding hydrogens is 254 g/mol. The maximum atomic E-state index is 13.4. The lowest BCUT2D eigenvalue weighted by molar-refractivity contribution is -0.129. The van der Waals surface area contributed by atoms with Crippen LogP contribution in [0.4, 0.5) is 8.78 Å². The standard InChI is InChI=1S/C12H12F2N4O/c1-18(6-11-15-7-16-17-11)12(19)4-8-2-3-9(13)5-10(8)14/h2-3,5,7H,4,6H2,1H3,(H,15,16,17). The zero-order valence-corrected chi connectivity index (χ0v) is 10.2. The van der Waals surface area contributed by atoms with E-state index in [1.165, 1.54) is 17.3 Å². The van der Waals surface area contributed by atoms with Crippen LogP contribution in [0.15, 0.2) is 24.5 Å². The number of aromatic nitrogens is 3. The number of rotatable bonds is 4. The highest BCUT2D eigenvalue weighted by Crippen LogP contribution is 2.11. The Morgan fingerprint density at radius 1 is 1.42 bits per heavy atom. The van der Waals surface area contributed by atoms with Gasteiger partial charge in [0.05, 0.1) is 13.0 Å². The van der Waals surface area contributed by atoms with E-state index in [-0.39, 0.29) is 24.4 Å². The predicted octanol–water partition coefficient (Wildman–Crippen LogP) is 1.28. The zero-order chi connectivity index (χ0) is 13.8. The van der Waals surface area contributed by atoms with Crippen molar-refractivity contribution < 1.29 is 13.6 Å². The summed E-state index contributed by atoms with van der Waals surface area (Å²) in [4.78, 5) is 17.2. The molecule has 100 valence electrons. The third kappa shape index (κ3) is 3.34. The summed E-state index contributed by atoms with van der Waals surface area (Å²) < 4.78 is 26.2. The van der Waals surface area contributed by atoms with Crippen molar-refractivity contribution in [2.45, 2.75) is 13.0 Å². The Morgan fingerprint density at radius 2 is 2.21 bits per heavy atom. The van der Waals surface area contributed by atoms with E-state index in [0.29, 0.717) is 5.82 Å². The fraction of sp³-hybridized carbons (Fsp3) is 0.250. The predicted molar refractivity (Wildman–Crippen MR) is 62.9 cm³/mol. The summed E-state index contributed by atoms with van der Waals surface area (Å²) in [5.41, 5.74) is 0.163. The summed E-state index contributed by atoms with van der Waals surface area (Å²) in [5.74, 6) is -1.14. The molecule has 2 rings (SSSR count). The van der Waals surface area contributed by atoms with E-state index in [9.17, 15) is 13.6 Å². The van der Waals surface area contributed by atoms with Crippen LogP contribution in [0.2, 0.25) is 0 Å². The van der Waals surface area contributed by atoms with Gasteiger partial charge in [-0.3, -0.25) is 9.89 Å². The summed E-state index contributed by atoms with van der Waals surface area (Å²) in [6.45, 7) is 0.252. The van der Waals surface area contributed by atoms with Gasteiger partial charge in [0.15, 0.2) is 0 Å². The van der Waals surface area contributed by atoms with Gasteiger partial charge >= 0.3 is 0 Å². The van der Waals surface area contributed by atoms with Gasteiger partial charge in [0.1, 0.15) is 23.8 Å². The summed E-state index contributed by atoms with van der Waals surface area (Å²) in [5, 5.41) is 6.29. The lowest BCUT2D eigenvalue weighted by atomic mass is 10.1. The first-order valence-electron chi connectivity index (χ1n) is 5.58.